The highest BCUT2D eigenvalue weighted by Crippen LogP contribution is 2.08. The first kappa shape index (κ1) is 8.94. The predicted molar refractivity (Wildman–Crippen MR) is 55.5 cm³/mol. The zero-order chi connectivity index (χ0) is 9.97. The number of aromatic nitrogens is 3. The van der Waals surface area contributed by atoms with Crippen LogP contribution in [0.2, 0.25) is 0 Å². The highest BCUT2D eigenvalue weighted by molar-refractivity contribution is 5.33. The van der Waals surface area contributed by atoms with E-state index in [-0.39, 0.29) is 0 Å². The molecule has 0 saturated carbocycles. The van der Waals surface area contributed by atoms with E-state index in [0.717, 1.165) is 17.8 Å². The molecule has 3 nitrogen and oxygen atoms in total. The van der Waals surface area contributed by atoms with Gasteiger partial charge in [-0.05, 0) is 31.0 Å². The first-order valence-corrected chi connectivity index (χ1v) is 4.78. The number of benzene rings is 1. The standard InChI is InChI=1S/C11H13N3/c1-3-10-4-6-11(7-5-10)14-8-9(2)12-13-14/h4-8H,3H2,1-2H3. The molecule has 0 atom stereocenters. The molecular formula is C11H13N3. The molecule has 1 heterocycles. The molecule has 0 spiro atoms. The summed E-state index contributed by atoms with van der Waals surface area (Å²) in [5, 5.41) is 7.96. The van der Waals surface area contributed by atoms with Crippen molar-refractivity contribution >= 4 is 0 Å². The maximum absolute atomic E-state index is 4.01. The van der Waals surface area contributed by atoms with E-state index in [1.165, 1.54) is 5.56 Å². The van der Waals surface area contributed by atoms with Crippen LogP contribution in [0.1, 0.15) is 18.2 Å². The molecule has 1 aromatic carbocycles. The molecule has 0 radical (unpaired) electrons. The number of hydrogen-bond acceptors (Lipinski definition) is 2. The van der Waals surface area contributed by atoms with Crippen molar-refractivity contribution in [2.45, 2.75) is 20.3 Å². The Kier molecular flexibility index (Phi) is 2.31. The van der Waals surface area contributed by atoms with Crippen molar-refractivity contribution in [1.29, 1.82) is 0 Å². The van der Waals surface area contributed by atoms with E-state index < -0.39 is 0 Å². The average Bonchev–Trinajstić information content (AvgIpc) is 2.65. The lowest BCUT2D eigenvalue weighted by Crippen LogP contribution is -1.94. The van der Waals surface area contributed by atoms with Crippen molar-refractivity contribution in [2.75, 3.05) is 0 Å². The molecule has 3 heteroatoms. The van der Waals surface area contributed by atoms with Gasteiger partial charge in [0.25, 0.3) is 0 Å². The van der Waals surface area contributed by atoms with Crippen LogP contribution in [0.15, 0.2) is 30.5 Å². The molecule has 0 saturated heterocycles. The molecule has 1 aromatic heterocycles. The molecule has 0 unspecified atom stereocenters. The summed E-state index contributed by atoms with van der Waals surface area (Å²) in [4.78, 5) is 0. The highest BCUT2D eigenvalue weighted by atomic mass is 15.4. The van der Waals surface area contributed by atoms with Crippen molar-refractivity contribution in [1.82, 2.24) is 15.0 Å². The maximum Gasteiger partial charge on any atom is 0.0800 e. The minimum atomic E-state index is 0.935. The molecular weight excluding hydrogens is 174 g/mol. The Morgan fingerprint density at radius 1 is 1.21 bits per heavy atom. The molecule has 0 bridgehead atoms. The molecule has 0 aliphatic rings. The zero-order valence-electron chi connectivity index (χ0n) is 8.44. The average molecular weight is 187 g/mol. The molecule has 0 aliphatic carbocycles. The minimum absolute atomic E-state index is 0.935. The van der Waals surface area contributed by atoms with E-state index in [0.29, 0.717) is 0 Å². The van der Waals surface area contributed by atoms with Crippen molar-refractivity contribution in [2.24, 2.45) is 0 Å². The number of aryl methyl sites for hydroxylation is 2. The molecule has 72 valence electrons. The zero-order valence-corrected chi connectivity index (χ0v) is 8.44. The van der Waals surface area contributed by atoms with Gasteiger partial charge in [-0.2, -0.15) is 0 Å². The van der Waals surface area contributed by atoms with Gasteiger partial charge in [0.05, 0.1) is 17.6 Å². The summed E-state index contributed by atoms with van der Waals surface area (Å²) in [5.41, 5.74) is 3.33. The van der Waals surface area contributed by atoms with E-state index in [1.807, 2.05) is 13.1 Å². The van der Waals surface area contributed by atoms with E-state index >= 15 is 0 Å². The van der Waals surface area contributed by atoms with Crippen LogP contribution < -0.4 is 0 Å². The van der Waals surface area contributed by atoms with Gasteiger partial charge in [-0.25, -0.2) is 4.68 Å². The SMILES string of the molecule is CCc1ccc(-n2cc(C)nn2)cc1. The third-order valence-electron chi connectivity index (χ3n) is 2.22. The van der Waals surface area contributed by atoms with Gasteiger partial charge in [0.2, 0.25) is 0 Å². The van der Waals surface area contributed by atoms with Crippen LogP contribution in [-0.2, 0) is 6.42 Å². The van der Waals surface area contributed by atoms with Crippen LogP contribution >= 0.6 is 0 Å². The van der Waals surface area contributed by atoms with Crippen LogP contribution in [0.3, 0.4) is 0 Å². The lowest BCUT2D eigenvalue weighted by atomic mass is 10.1. The molecule has 0 aliphatic heterocycles. The normalized spacial score (nSPS) is 10.4. The van der Waals surface area contributed by atoms with Gasteiger partial charge >= 0.3 is 0 Å². The third-order valence-corrected chi connectivity index (χ3v) is 2.22. The summed E-state index contributed by atoms with van der Waals surface area (Å²) >= 11 is 0. The second kappa shape index (κ2) is 3.62. The van der Waals surface area contributed by atoms with Gasteiger partial charge in [-0.3, -0.25) is 0 Å². The van der Waals surface area contributed by atoms with Gasteiger partial charge in [-0.1, -0.05) is 24.3 Å². The fourth-order valence-corrected chi connectivity index (χ4v) is 1.36. The quantitative estimate of drug-likeness (QED) is 0.721. The van der Waals surface area contributed by atoms with Gasteiger partial charge in [0.15, 0.2) is 0 Å². The minimum Gasteiger partial charge on any atom is -0.220 e. The first-order valence-electron chi connectivity index (χ1n) is 4.78. The summed E-state index contributed by atoms with van der Waals surface area (Å²) in [6.07, 6.45) is 2.98. The second-order valence-electron chi connectivity index (χ2n) is 3.32. The first-order chi connectivity index (χ1) is 6.79. The topological polar surface area (TPSA) is 30.7 Å². The summed E-state index contributed by atoms with van der Waals surface area (Å²) in [5.74, 6) is 0. The molecule has 0 fully saturated rings. The smallest absolute Gasteiger partial charge is 0.0800 e. The summed E-state index contributed by atoms with van der Waals surface area (Å²) in [6, 6.07) is 8.36. The van der Waals surface area contributed by atoms with Crippen molar-refractivity contribution in [3.8, 4) is 5.69 Å². The Bertz CT molecular complexity index is 414. The van der Waals surface area contributed by atoms with Gasteiger partial charge in [0.1, 0.15) is 0 Å². The Hall–Kier alpha value is -1.64. The van der Waals surface area contributed by atoms with E-state index in [9.17, 15) is 0 Å². The lowest BCUT2D eigenvalue weighted by molar-refractivity contribution is 0.800. The van der Waals surface area contributed by atoms with Gasteiger partial charge in [-0.15, -0.1) is 5.10 Å². The van der Waals surface area contributed by atoms with Crippen LogP contribution in [0.5, 0.6) is 0 Å². The van der Waals surface area contributed by atoms with Crippen molar-refractivity contribution in [3.63, 3.8) is 0 Å². The van der Waals surface area contributed by atoms with Crippen LogP contribution in [0.4, 0.5) is 0 Å². The summed E-state index contributed by atoms with van der Waals surface area (Å²) in [7, 11) is 0. The van der Waals surface area contributed by atoms with Crippen molar-refractivity contribution < 1.29 is 0 Å². The van der Waals surface area contributed by atoms with Crippen LogP contribution in [0, 0.1) is 6.92 Å². The van der Waals surface area contributed by atoms with Crippen LogP contribution in [0.25, 0.3) is 5.69 Å². The Balaban J connectivity index is 2.33. The summed E-state index contributed by atoms with van der Waals surface area (Å²) < 4.78 is 1.79. The molecule has 2 rings (SSSR count). The highest BCUT2D eigenvalue weighted by Gasteiger charge is 1.98. The third kappa shape index (κ3) is 1.66. The van der Waals surface area contributed by atoms with E-state index in [4.69, 9.17) is 0 Å². The fraction of sp³-hybridized carbons (Fsp3) is 0.273. The largest absolute Gasteiger partial charge is 0.220 e. The van der Waals surface area contributed by atoms with Gasteiger partial charge in [0, 0.05) is 0 Å². The molecule has 0 N–H and O–H groups in total. The maximum atomic E-state index is 4.01. The molecule has 0 amide bonds. The fourth-order valence-electron chi connectivity index (χ4n) is 1.36. The number of nitrogens with zero attached hydrogens (tertiary/aromatic N) is 3. The number of rotatable bonds is 2. The predicted octanol–water partition coefficient (Wildman–Crippen LogP) is 2.14. The van der Waals surface area contributed by atoms with Gasteiger partial charge < -0.3 is 0 Å². The van der Waals surface area contributed by atoms with Crippen molar-refractivity contribution in [3.05, 3.63) is 41.7 Å². The second-order valence-corrected chi connectivity index (χ2v) is 3.32. The Morgan fingerprint density at radius 3 is 2.43 bits per heavy atom. The molecule has 14 heavy (non-hydrogen) atoms. The monoisotopic (exact) mass is 187 g/mol. The number of hydrogen-bond donors (Lipinski definition) is 0. The summed E-state index contributed by atoms with van der Waals surface area (Å²) in [6.45, 7) is 4.08. The molecule has 2 aromatic rings. The van der Waals surface area contributed by atoms with Crippen LogP contribution in [-0.4, -0.2) is 15.0 Å². The van der Waals surface area contributed by atoms with E-state index in [2.05, 4.69) is 41.5 Å². The Morgan fingerprint density at radius 2 is 1.93 bits per heavy atom. The van der Waals surface area contributed by atoms with E-state index in [1.54, 1.807) is 4.68 Å². The lowest BCUT2D eigenvalue weighted by Gasteiger charge is -2.00. The Labute approximate surface area is 83.4 Å².